The number of ketones is 1. The van der Waals surface area contributed by atoms with Crippen LogP contribution < -0.4 is 0 Å². The van der Waals surface area contributed by atoms with Gasteiger partial charge in [0.15, 0.2) is 5.78 Å². The van der Waals surface area contributed by atoms with Crippen LogP contribution in [0.15, 0.2) is 12.4 Å². The maximum atomic E-state index is 11.0. The number of aryl methyl sites for hydroxylation is 1. The topological polar surface area (TPSA) is 58.6 Å². The number of aromatic amines is 1. The lowest BCUT2D eigenvalue weighted by atomic mass is 10.3. The van der Waals surface area contributed by atoms with Gasteiger partial charge in [0.25, 0.3) is 0 Å². The van der Waals surface area contributed by atoms with Gasteiger partial charge in [-0.3, -0.25) is 4.79 Å². The minimum absolute atomic E-state index is 0.00927. The molecule has 2 rings (SSSR count). The van der Waals surface area contributed by atoms with Gasteiger partial charge in [-0.15, -0.1) is 11.3 Å². The zero-order chi connectivity index (χ0) is 10.1. The fourth-order valence-corrected chi connectivity index (χ4v) is 1.83. The number of Topliss-reactive ketones (excluding diaryl/α,β-unsaturated/α-hetero) is 1. The number of hydrogen-bond donors (Lipinski definition) is 1. The fraction of sp³-hybridized carbons (Fsp3) is 0.222. The highest BCUT2D eigenvalue weighted by Gasteiger charge is 2.08. The molecule has 1 N–H and O–H groups in total. The van der Waals surface area contributed by atoms with Crippen molar-refractivity contribution < 1.29 is 4.79 Å². The predicted octanol–water partition coefficient (Wildman–Crippen LogP) is 2.04. The van der Waals surface area contributed by atoms with Gasteiger partial charge in [0.1, 0.15) is 11.5 Å². The molecular weight excluding hydrogens is 198 g/mol. The van der Waals surface area contributed by atoms with E-state index in [9.17, 15) is 4.79 Å². The van der Waals surface area contributed by atoms with Crippen LogP contribution in [-0.4, -0.2) is 20.7 Å². The van der Waals surface area contributed by atoms with Crippen molar-refractivity contribution in [1.82, 2.24) is 15.0 Å². The number of nitrogens with zero attached hydrogens (tertiary/aromatic N) is 2. The summed E-state index contributed by atoms with van der Waals surface area (Å²) in [5.41, 5.74) is 0.533. The van der Waals surface area contributed by atoms with Gasteiger partial charge in [-0.05, 0) is 6.92 Å². The Hall–Kier alpha value is -1.49. The Labute approximate surface area is 85.0 Å². The second-order valence-electron chi connectivity index (χ2n) is 2.95. The minimum atomic E-state index is -0.00927. The summed E-state index contributed by atoms with van der Waals surface area (Å²) < 4.78 is 0. The largest absolute Gasteiger partial charge is 0.335 e. The Bertz CT molecular complexity index is 472. The Morgan fingerprint density at radius 3 is 2.71 bits per heavy atom. The molecular formula is C9H9N3OS. The smallest absolute Gasteiger partial charge is 0.177 e. The predicted molar refractivity (Wildman–Crippen MR) is 54.4 cm³/mol. The summed E-state index contributed by atoms with van der Waals surface area (Å²) in [4.78, 5) is 23.2. The second kappa shape index (κ2) is 3.34. The summed E-state index contributed by atoms with van der Waals surface area (Å²) in [5, 5.41) is 0.987. The molecule has 2 aromatic rings. The van der Waals surface area contributed by atoms with Crippen LogP contribution in [-0.2, 0) is 0 Å². The molecule has 0 atom stereocenters. The van der Waals surface area contributed by atoms with Gasteiger partial charge in [0.2, 0.25) is 0 Å². The van der Waals surface area contributed by atoms with Crippen molar-refractivity contribution in [3.8, 4) is 10.7 Å². The molecule has 0 aromatic carbocycles. The van der Waals surface area contributed by atoms with Gasteiger partial charge in [0.05, 0.1) is 16.1 Å². The van der Waals surface area contributed by atoms with Crippen molar-refractivity contribution >= 4 is 17.1 Å². The highest BCUT2D eigenvalue weighted by Crippen LogP contribution is 2.22. The van der Waals surface area contributed by atoms with E-state index in [1.165, 1.54) is 6.92 Å². The number of thiazole rings is 1. The maximum absolute atomic E-state index is 11.0. The lowest BCUT2D eigenvalue weighted by Crippen LogP contribution is -1.90. The Balaban J connectivity index is 2.38. The number of aromatic nitrogens is 3. The van der Waals surface area contributed by atoms with Crippen molar-refractivity contribution in [3.05, 3.63) is 23.1 Å². The lowest BCUT2D eigenvalue weighted by molar-refractivity contribution is 0.101. The quantitative estimate of drug-likeness (QED) is 0.767. The molecule has 0 amide bonds. The van der Waals surface area contributed by atoms with E-state index in [1.807, 2.05) is 6.92 Å². The molecule has 0 saturated carbocycles. The number of hydrogen-bond acceptors (Lipinski definition) is 4. The third-order valence-corrected chi connectivity index (χ3v) is 2.73. The molecule has 0 aliphatic heterocycles. The molecule has 0 aliphatic carbocycles. The Morgan fingerprint density at radius 1 is 1.43 bits per heavy atom. The van der Waals surface area contributed by atoms with E-state index in [0.29, 0.717) is 11.5 Å². The highest BCUT2D eigenvalue weighted by molar-refractivity contribution is 7.14. The van der Waals surface area contributed by atoms with Gasteiger partial charge < -0.3 is 4.98 Å². The van der Waals surface area contributed by atoms with Crippen LogP contribution >= 0.6 is 11.3 Å². The van der Waals surface area contributed by atoms with Crippen molar-refractivity contribution in [2.45, 2.75) is 13.8 Å². The zero-order valence-corrected chi connectivity index (χ0v) is 8.68. The van der Waals surface area contributed by atoms with Gasteiger partial charge in [0, 0.05) is 13.1 Å². The molecule has 0 fully saturated rings. The van der Waals surface area contributed by atoms with Crippen LogP contribution in [0.3, 0.4) is 0 Å². The molecule has 2 aromatic heterocycles. The van der Waals surface area contributed by atoms with E-state index < -0.39 is 0 Å². The number of nitrogens with one attached hydrogen (secondary N) is 1. The van der Waals surface area contributed by atoms with Crippen LogP contribution in [0.4, 0.5) is 0 Å². The molecule has 72 valence electrons. The van der Waals surface area contributed by atoms with E-state index in [2.05, 4.69) is 15.0 Å². The monoisotopic (exact) mass is 207 g/mol. The standard InChI is InChI=1S/C9H9N3OS/c1-5(13)7-3-11-9(12-7)8-4-10-6(2)14-8/h3-4H,1-2H3,(H,11,12). The first kappa shape index (κ1) is 9.08. The maximum Gasteiger partial charge on any atom is 0.177 e. The molecule has 4 nitrogen and oxygen atoms in total. The SMILES string of the molecule is CC(=O)c1cnc(-c2cnc(C)s2)[nH]1. The highest BCUT2D eigenvalue weighted by atomic mass is 32.1. The first-order chi connectivity index (χ1) is 6.66. The number of rotatable bonds is 2. The summed E-state index contributed by atoms with van der Waals surface area (Å²) in [6.07, 6.45) is 3.30. The van der Waals surface area contributed by atoms with Crippen molar-refractivity contribution in [2.24, 2.45) is 0 Å². The van der Waals surface area contributed by atoms with E-state index in [4.69, 9.17) is 0 Å². The average molecular weight is 207 g/mol. The minimum Gasteiger partial charge on any atom is -0.335 e. The third kappa shape index (κ3) is 1.58. The molecule has 0 saturated heterocycles. The Kier molecular flexibility index (Phi) is 2.17. The van der Waals surface area contributed by atoms with Gasteiger partial charge >= 0.3 is 0 Å². The molecule has 0 radical (unpaired) electrons. The molecule has 0 unspecified atom stereocenters. The summed E-state index contributed by atoms with van der Waals surface area (Å²) in [6.45, 7) is 3.44. The number of H-pyrrole nitrogens is 1. The van der Waals surface area contributed by atoms with Crippen LogP contribution in [0, 0.1) is 6.92 Å². The van der Waals surface area contributed by atoms with Crippen LogP contribution in [0.1, 0.15) is 22.4 Å². The van der Waals surface area contributed by atoms with Crippen LogP contribution in [0.2, 0.25) is 0 Å². The second-order valence-corrected chi connectivity index (χ2v) is 4.18. The first-order valence-corrected chi connectivity index (χ1v) is 4.97. The molecule has 0 spiro atoms. The molecule has 0 bridgehead atoms. The van der Waals surface area contributed by atoms with E-state index in [0.717, 1.165) is 9.88 Å². The number of carbonyl (C=O) groups is 1. The first-order valence-electron chi connectivity index (χ1n) is 4.15. The Morgan fingerprint density at radius 2 is 2.21 bits per heavy atom. The molecule has 0 aliphatic rings. The molecule has 5 heteroatoms. The molecule has 2 heterocycles. The van der Waals surface area contributed by atoms with Gasteiger partial charge in [-0.25, -0.2) is 9.97 Å². The van der Waals surface area contributed by atoms with Gasteiger partial charge in [-0.1, -0.05) is 0 Å². The van der Waals surface area contributed by atoms with Crippen LogP contribution in [0.5, 0.6) is 0 Å². The summed E-state index contributed by atoms with van der Waals surface area (Å²) in [5.74, 6) is 0.700. The van der Waals surface area contributed by atoms with E-state index in [1.54, 1.807) is 23.7 Å². The fourth-order valence-electron chi connectivity index (χ4n) is 1.10. The van der Waals surface area contributed by atoms with Gasteiger partial charge in [-0.2, -0.15) is 0 Å². The lowest BCUT2D eigenvalue weighted by Gasteiger charge is -1.87. The van der Waals surface area contributed by atoms with Crippen molar-refractivity contribution in [3.63, 3.8) is 0 Å². The van der Waals surface area contributed by atoms with E-state index in [-0.39, 0.29) is 5.78 Å². The zero-order valence-electron chi connectivity index (χ0n) is 7.87. The summed E-state index contributed by atoms with van der Waals surface area (Å²) >= 11 is 1.55. The normalized spacial score (nSPS) is 10.4. The van der Waals surface area contributed by atoms with Crippen LogP contribution in [0.25, 0.3) is 10.7 Å². The summed E-state index contributed by atoms with van der Waals surface area (Å²) in [6, 6.07) is 0. The van der Waals surface area contributed by atoms with Crippen molar-refractivity contribution in [1.29, 1.82) is 0 Å². The average Bonchev–Trinajstić information content (AvgIpc) is 2.70. The summed E-state index contributed by atoms with van der Waals surface area (Å²) in [7, 11) is 0. The third-order valence-electron chi connectivity index (χ3n) is 1.81. The van der Waals surface area contributed by atoms with E-state index >= 15 is 0 Å². The molecule has 14 heavy (non-hydrogen) atoms. The number of imidazole rings is 1. The number of carbonyl (C=O) groups excluding carboxylic acids is 1. The van der Waals surface area contributed by atoms with Crippen molar-refractivity contribution in [2.75, 3.05) is 0 Å².